The van der Waals surface area contributed by atoms with E-state index in [0.717, 1.165) is 12.8 Å². The fraction of sp³-hybridized carbons (Fsp3) is 0.818. The minimum atomic E-state index is -0.231. The molecule has 2 nitrogen and oxygen atoms in total. The van der Waals surface area contributed by atoms with Crippen LogP contribution in [0.1, 0.15) is 40.0 Å². The number of hydrogen-bond acceptors (Lipinski definition) is 2. The summed E-state index contributed by atoms with van der Waals surface area (Å²) in [5.74, 6) is 0.469. The molecule has 2 atom stereocenters. The van der Waals surface area contributed by atoms with E-state index in [4.69, 9.17) is 0 Å². The molecule has 0 aromatic rings. The Morgan fingerprint density at radius 3 is 2.46 bits per heavy atom. The zero-order valence-corrected chi connectivity index (χ0v) is 8.52. The van der Waals surface area contributed by atoms with Gasteiger partial charge in [-0.05, 0) is 18.3 Å². The molecule has 2 rings (SSSR count). The van der Waals surface area contributed by atoms with Crippen LogP contribution in [0.5, 0.6) is 0 Å². The zero-order valence-electron chi connectivity index (χ0n) is 8.52. The molecule has 0 radical (unpaired) electrons. The summed E-state index contributed by atoms with van der Waals surface area (Å²) < 4.78 is 0. The highest BCUT2D eigenvalue weighted by Crippen LogP contribution is 2.59. The van der Waals surface area contributed by atoms with Crippen molar-refractivity contribution in [3.63, 3.8) is 0 Å². The molecule has 2 aliphatic carbocycles. The normalized spacial score (nSPS) is 42.5. The van der Waals surface area contributed by atoms with Crippen LogP contribution in [0, 0.1) is 16.7 Å². The van der Waals surface area contributed by atoms with Crippen molar-refractivity contribution in [2.45, 2.75) is 40.0 Å². The lowest BCUT2D eigenvalue weighted by molar-refractivity contribution is -0.146. The number of fused-ring (bicyclic) bond motifs is 2. The quantitative estimate of drug-likeness (QED) is 0.534. The number of carbonyl (C=O) groups is 2. The van der Waals surface area contributed by atoms with Crippen LogP contribution in [-0.2, 0) is 9.59 Å². The largest absolute Gasteiger partial charge is 0.299 e. The third-order valence-electron chi connectivity index (χ3n) is 4.57. The van der Waals surface area contributed by atoms with E-state index < -0.39 is 0 Å². The maximum atomic E-state index is 11.8. The first-order valence-corrected chi connectivity index (χ1v) is 4.95. The molecule has 0 amide bonds. The summed E-state index contributed by atoms with van der Waals surface area (Å²) in [5, 5.41) is 0. The molecular formula is C11H16O2. The molecule has 13 heavy (non-hydrogen) atoms. The van der Waals surface area contributed by atoms with Crippen LogP contribution < -0.4 is 0 Å². The summed E-state index contributed by atoms with van der Waals surface area (Å²) in [4.78, 5) is 23.4. The van der Waals surface area contributed by atoms with Gasteiger partial charge in [0.2, 0.25) is 0 Å². The van der Waals surface area contributed by atoms with Crippen LogP contribution in [0.2, 0.25) is 0 Å². The maximum absolute atomic E-state index is 11.8. The highest BCUT2D eigenvalue weighted by molar-refractivity contribution is 6.07. The Balaban J connectivity index is 2.51. The van der Waals surface area contributed by atoms with Gasteiger partial charge in [-0.1, -0.05) is 20.8 Å². The lowest BCUT2D eigenvalue weighted by Gasteiger charge is -2.43. The number of ketones is 2. The van der Waals surface area contributed by atoms with Crippen LogP contribution in [0.25, 0.3) is 0 Å². The van der Waals surface area contributed by atoms with Gasteiger partial charge < -0.3 is 0 Å². The Bertz CT molecular complexity index is 290. The minimum absolute atomic E-state index is 0.112. The van der Waals surface area contributed by atoms with Gasteiger partial charge in [0.1, 0.15) is 11.6 Å². The second kappa shape index (κ2) is 2.23. The molecule has 2 bridgehead atoms. The monoisotopic (exact) mass is 180 g/mol. The van der Waals surface area contributed by atoms with Crippen molar-refractivity contribution in [1.82, 2.24) is 0 Å². The van der Waals surface area contributed by atoms with E-state index in [2.05, 4.69) is 13.8 Å². The molecule has 2 saturated carbocycles. The average Bonchev–Trinajstić information content (AvgIpc) is 2.16. The topological polar surface area (TPSA) is 34.1 Å². The highest BCUT2D eigenvalue weighted by atomic mass is 16.2. The van der Waals surface area contributed by atoms with Gasteiger partial charge in [-0.15, -0.1) is 0 Å². The van der Waals surface area contributed by atoms with Crippen LogP contribution >= 0.6 is 0 Å². The van der Waals surface area contributed by atoms with E-state index in [1.54, 1.807) is 0 Å². The van der Waals surface area contributed by atoms with E-state index in [-0.39, 0.29) is 34.7 Å². The number of rotatable bonds is 0. The molecule has 2 aliphatic rings. The third-order valence-corrected chi connectivity index (χ3v) is 4.57. The SMILES string of the molecule is CC1(C)C2CC[C@]1(C)C(=O)CC2=O. The van der Waals surface area contributed by atoms with Gasteiger partial charge in [0.15, 0.2) is 0 Å². The van der Waals surface area contributed by atoms with Crippen molar-refractivity contribution in [3.8, 4) is 0 Å². The lowest BCUT2D eigenvalue weighted by Crippen LogP contribution is -2.48. The molecule has 0 heterocycles. The van der Waals surface area contributed by atoms with E-state index in [1.165, 1.54) is 0 Å². The van der Waals surface area contributed by atoms with Gasteiger partial charge >= 0.3 is 0 Å². The molecule has 0 N–H and O–H groups in total. The fourth-order valence-electron chi connectivity index (χ4n) is 3.04. The number of hydrogen-bond donors (Lipinski definition) is 0. The Morgan fingerprint density at radius 2 is 1.85 bits per heavy atom. The van der Waals surface area contributed by atoms with Crippen molar-refractivity contribution >= 4 is 11.6 Å². The minimum Gasteiger partial charge on any atom is -0.299 e. The summed E-state index contributed by atoms with van der Waals surface area (Å²) in [5.41, 5.74) is -0.342. The molecule has 2 fully saturated rings. The highest BCUT2D eigenvalue weighted by Gasteiger charge is 2.60. The van der Waals surface area contributed by atoms with Crippen LogP contribution in [-0.4, -0.2) is 11.6 Å². The number of carbonyl (C=O) groups excluding carboxylic acids is 2. The zero-order chi connectivity index (χ0) is 9.85. The van der Waals surface area contributed by atoms with Gasteiger partial charge in [0.05, 0.1) is 6.42 Å². The predicted octanol–water partition coefficient (Wildman–Crippen LogP) is 1.97. The number of Topliss-reactive ketones (excluding diaryl/α,β-unsaturated/α-hetero) is 2. The van der Waals surface area contributed by atoms with E-state index in [0.29, 0.717) is 0 Å². The van der Waals surface area contributed by atoms with Crippen LogP contribution in [0.4, 0.5) is 0 Å². The lowest BCUT2D eigenvalue weighted by atomic mass is 9.58. The van der Waals surface area contributed by atoms with Gasteiger partial charge in [0.25, 0.3) is 0 Å². The average molecular weight is 180 g/mol. The van der Waals surface area contributed by atoms with Crippen molar-refractivity contribution in [1.29, 1.82) is 0 Å². The molecule has 0 aliphatic heterocycles. The van der Waals surface area contributed by atoms with Gasteiger partial charge in [-0.2, -0.15) is 0 Å². The van der Waals surface area contributed by atoms with E-state index in [9.17, 15) is 9.59 Å². The molecule has 0 aromatic heterocycles. The van der Waals surface area contributed by atoms with Crippen molar-refractivity contribution < 1.29 is 9.59 Å². The molecule has 0 aromatic carbocycles. The van der Waals surface area contributed by atoms with Gasteiger partial charge in [-0.25, -0.2) is 0 Å². The summed E-state index contributed by atoms with van der Waals surface area (Å²) in [6, 6.07) is 0. The smallest absolute Gasteiger partial charge is 0.146 e. The van der Waals surface area contributed by atoms with Crippen molar-refractivity contribution in [3.05, 3.63) is 0 Å². The summed E-state index contributed by atoms with van der Waals surface area (Å²) in [6.07, 6.45) is 1.99. The first kappa shape index (κ1) is 8.92. The third kappa shape index (κ3) is 0.839. The molecule has 0 saturated heterocycles. The van der Waals surface area contributed by atoms with Crippen molar-refractivity contribution in [2.75, 3.05) is 0 Å². The van der Waals surface area contributed by atoms with E-state index >= 15 is 0 Å². The summed E-state index contributed by atoms with van der Waals surface area (Å²) >= 11 is 0. The van der Waals surface area contributed by atoms with Gasteiger partial charge in [0, 0.05) is 11.3 Å². The Kier molecular flexibility index (Phi) is 1.53. The molecular weight excluding hydrogens is 164 g/mol. The van der Waals surface area contributed by atoms with Crippen LogP contribution in [0.3, 0.4) is 0 Å². The molecule has 72 valence electrons. The molecule has 1 unspecified atom stereocenters. The first-order chi connectivity index (χ1) is 5.89. The Morgan fingerprint density at radius 1 is 1.23 bits per heavy atom. The second-order valence-corrected chi connectivity index (χ2v) is 5.21. The van der Waals surface area contributed by atoms with E-state index in [1.807, 2.05) is 6.92 Å². The van der Waals surface area contributed by atoms with Crippen molar-refractivity contribution in [2.24, 2.45) is 16.7 Å². The first-order valence-electron chi connectivity index (χ1n) is 4.95. The summed E-state index contributed by atoms with van der Waals surface area (Å²) in [7, 11) is 0. The van der Waals surface area contributed by atoms with Gasteiger partial charge in [-0.3, -0.25) is 9.59 Å². The summed E-state index contributed by atoms with van der Waals surface area (Å²) in [6.45, 7) is 6.17. The second-order valence-electron chi connectivity index (χ2n) is 5.21. The standard InChI is InChI=1S/C11H16O2/c1-10(2)7-4-5-11(10,3)9(13)6-8(7)12/h7H,4-6H2,1-3H3/t7?,11-/m1/s1. The molecule has 2 heteroatoms. The predicted molar refractivity (Wildman–Crippen MR) is 49.2 cm³/mol. The Hall–Kier alpha value is -0.660. The fourth-order valence-corrected chi connectivity index (χ4v) is 3.04. The molecule has 0 spiro atoms. The maximum Gasteiger partial charge on any atom is 0.146 e. The van der Waals surface area contributed by atoms with Crippen LogP contribution in [0.15, 0.2) is 0 Å². The Labute approximate surface area is 78.7 Å².